The van der Waals surface area contributed by atoms with Gasteiger partial charge in [0.05, 0.1) is 5.56 Å². The van der Waals surface area contributed by atoms with Gasteiger partial charge in [0.25, 0.3) is 0 Å². The maximum Gasteiger partial charge on any atom is 0.343 e. The van der Waals surface area contributed by atoms with Crippen molar-refractivity contribution in [3.63, 3.8) is 0 Å². The molecule has 0 amide bonds. The Morgan fingerprint density at radius 3 is 1.92 bits per heavy atom. The van der Waals surface area contributed by atoms with Crippen LogP contribution >= 0.6 is 0 Å². The minimum atomic E-state index is -0.494. The van der Waals surface area contributed by atoms with Gasteiger partial charge in [-0.2, -0.15) is 0 Å². The molecule has 0 fully saturated rings. The van der Waals surface area contributed by atoms with Crippen molar-refractivity contribution >= 4 is 29.5 Å². The third-order valence-corrected chi connectivity index (χ3v) is 3.57. The lowest BCUT2D eigenvalue weighted by atomic mass is 10.1. The monoisotopic (exact) mass is 330 g/mol. The van der Waals surface area contributed by atoms with Crippen molar-refractivity contribution in [2.24, 2.45) is 0 Å². The first-order valence-corrected chi connectivity index (χ1v) is 7.81. The average molecular weight is 330 g/mol. The van der Waals surface area contributed by atoms with E-state index in [0.29, 0.717) is 22.7 Å². The Kier molecular flexibility index (Phi) is 4.81. The van der Waals surface area contributed by atoms with E-state index >= 15 is 0 Å². The van der Waals surface area contributed by atoms with Crippen molar-refractivity contribution in [3.05, 3.63) is 89.5 Å². The molecule has 0 bridgehead atoms. The lowest BCUT2D eigenvalue weighted by Crippen LogP contribution is -2.09. The molecule has 0 radical (unpaired) electrons. The molecule has 4 nitrogen and oxygen atoms in total. The number of nitrogen functional groups attached to an aromatic ring is 2. The molecular formula is C21H18N2O2. The van der Waals surface area contributed by atoms with E-state index in [0.717, 1.165) is 11.1 Å². The second-order valence-electron chi connectivity index (χ2n) is 5.59. The number of esters is 1. The number of carbonyl (C=O) groups excluding carboxylic acids is 1. The lowest BCUT2D eigenvalue weighted by molar-refractivity contribution is 0.0735. The predicted molar refractivity (Wildman–Crippen MR) is 102 cm³/mol. The van der Waals surface area contributed by atoms with Crippen LogP contribution in [0.15, 0.2) is 72.8 Å². The zero-order chi connectivity index (χ0) is 17.6. The van der Waals surface area contributed by atoms with Crippen LogP contribution in [-0.4, -0.2) is 5.97 Å². The average Bonchev–Trinajstić information content (AvgIpc) is 2.61. The van der Waals surface area contributed by atoms with Gasteiger partial charge in [-0.05, 0) is 41.5 Å². The van der Waals surface area contributed by atoms with Crippen LogP contribution in [0, 0.1) is 0 Å². The van der Waals surface area contributed by atoms with Gasteiger partial charge in [0.2, 0.25) is 0 Å². The number of rotatable bonds is 4. The molecule has 25 heavy (non-hydrogen) atoms. The molecule has 0 spiro atoms. The van der Waals surface area contributed by atoms with E-state index in [4.69, 9.17) is 16.2 Å². The summed E-state index contributed by atoms with van der Waals surface area (Å²) in [6.45, 7) is 0. The second-order valence-corrected chi connectivity index (χ2v) is 5.59. The topological polar surface area (TPSA) is 78.3 Å². The Morgan fingerprint density at radius 2 is 1.32 bits per heavy atom. The molecule has 0 heterocycles. The van der Waals surface area contributed by atoms with E-state index in [-0.39, 0.29) is 0 Å². The molecule has 3 aromatic rings. The van der Waals surface area contributed by atoms with Crippen LogP contribution in [0.1, 0.15) is 21.5 Å². The molecule has 3 aromatic carbocycles. The highest BCUT2D eigenvalue weighted by molar-refractivity contribution is 5.93. The number of benzene rings is 3. The van der Waals surface area contributed by atoms with E-state index in [2.05, 4.69) is 0 Å². The summed E-state index contributed by atoms with van der Waals surface area (Å²) in [5.74, 6) is -0.0329. The van der Waals surface area contributed by atoms with Crippen LogP contribution in [0.25, 0.3) is 12.2 Å². The summed E-state index contributed by atoms with van der Waals surface area (Å²) in [4.78, 5) is 12.2. The van der Waals surface area contributed by atoms with Crippen molar-refractivity contribution in [2.75, 3.05) is 11.5 Å². The minimum Gasteiger partial charge on any atom is -0.423 e. The summed E-state index contributed by atoms with van der Waals surface area (Å²) in [5, 5.41) is 0. The number of nitrogens with two attached hydrogens (primary N) is 2. The fourth-order valence-electron chi connectivity index (χ4n) is 2.36. The van der Waals surface area contributed by atoms with Crippen molar-refractivity contribution in [3.8, 4) is 5.75 Å². The fraction of sp³-hybridized carbons (Fsp3) is 0. The SMILES string of the molecule is Nc1cc(N)cc(C(=O)Oc2ccc(/C=C\c3ccccc3)cc2)c1. The quantitative estimate of drug-likeness (QED) is 0.324. The maximum absolute atomic E-state index is 12.2. The minimum absolute atomic E-state index is 0.325. The zero-order valence-corrected chi connectivity index (χ0v) is 13.6. The van der Waals surface area contributed by atoms with Gasteiger partial charge in [-0.25, -0.2) is 4.79 Å². The number of ether oxygens (including phenoxy) is 1. The summed E-state index contributed by atoms with van der Waals surface area (Å²) in [5.41, 5.74) is 14.7. The molecule has 0 aromatic heterocycles. The Morgan fingerprint density at radius 1 is 0.760 bits per heavy atom. The molecule has 4 N–H and O–H groups in total. The standard InChI is InChI=1S/C21H18N2O2/c22-18-12-17(13-19(23)14-18)21(24)25-20-10-8-16(9-11-20)7-6-15-4-2-1-3-5-15/h1-14H,22-23H2/b7-6-. The second kappa shape index (κ2) is 7.36. The zero-order valence-electron chi connectivity index (χ0n) is 13.6. The van der Waals surface area contributed by atoms with E-state index in [1.807, 2.05) is 54.6 Å². The Hall–Kier alpha value is -3.53. The van der Waals surface area contributed by atoms with Crippen LogP contribution in [0.5, 0.6) is 5.75 Å². The van der Waals surface area contributed by atoms with Gasteiger partial charge in [-0.3, -0.25) is 0 Å². The Balaban J connectivity index is 1.68. The van der Waals surface area contributed by atoms with Crippen LogP contribution in [0.4, 0.5) is 11.4 Å². The summed E-state index contributed by atoms with van der Waals surface area (Å²) in [6.07, 6.45) is 4.02. The largest absolute Gasteiger partial charge is 0.423 e. The van der Waals surface area contributed by atoms with E-state index < -0.39 is 5.97 Å². The maximum atomic E-state index is 12.2. The van der Waals surface area contributed by atoms with Crippen molar-refractivity contribution in [1.82, 2.24) is 0 Å². The van der Waals surface area contributed by atoms with Crippen LogP contribution in [-0.2, 0) is 0 Å². The molecule has 0 unspecified atom stereocenters. The van der Waals surface area contributed by atoms with Gasteiger partial charge in [-0.15, -0.1) is 0 Å². The molecule has 0 saturated heterocycles. The van der Waals surface area contributed by atoms with Crippen LogP contribution < -0.4 is 16.2 Å². The third kappa shape index (κ3) is 4.48. The first kappa shape index (κ1) is 16.3. The van der Waals surface area contributed by atoms with E-state index in [1.54, 1.807) is 18.2 Å². The highest BCUT2D eigenvalue weighted by Crippen LogP contribution is 2.18. The highest BCUT2D eigenvalue weighted by Gasteiger charge is 2.10. The molecule has 124 valence electrons. The summed E-state index contributed by atoms with van der Waals surface area (Å²) >= 11 is 0. The molecule has 4 heteroatoms. The number of hydrogen-bond acceptors (Lipinski definition) is 4. The Bertz CT molecular complexity index is 881. The van der Waals surface area contributed by atoms with Gasteiger partial charge in [0.15, 0.2) is 0 Å². The lowest BCUT2D eigenvalue weighted by Gasteiger charge is -2.06. The molecule has 0 aliphatic heterocycles. The van der Waals surface area contributed by atoms with Gasteiger partial charge < -0.3 is 16.2 Å². The Labute approximate surface area is 146 Å². The molecule has 0 aliphatic rings. The number of hydrogen-bond donors (Lipinski definition) is 2. The molecule has 3 rings (SSSR count). The predicted octanol–water partition coefficient (Wildman–Crippen LogP) is 4.24. The molecular weight excluding hydrogens is 312 g/mol. The van der Waals surface area contributed by atoms with Gasteiger partial charge in [0, 0.05) is 11.4 Å². The van der Waals surface area contributed by atoms with Crippen molar-refractivity contribution in [2.45, 2.75) is 0 Å². The molecule has 0 saturated carbocycles. The fourth-order valence-corrected chi connectivity index (χ4v) is 2.36. The normalized spacial score (nSPS) is 10.7. The third-order valence-electron chi connectivity index (χ3n) is 3.57. The van der Waals surface area contributed by atoms with Crippen LogP contribution in [0.3, 0.4) is 0 Å². The highest BCUT2D eigenvalue weighted by atomic mass is 16.5. The summed E-state index contributed by atoms with van der Waals surface area (Å²) in [7, 11) is 0. The summed E-state index contributed by atoms with van der Waals surface area (Å²) < 4.78 is 5.35. The molecule has 0 atom stereocenters. The van der Waals surface area contributed by atoms with Crippen molar-refractivity contribution in [1.29, 1.82) is 0 Å². The van der Waals surface area contributed by atoms with E-state index in [9.17, 15) is 4.79 Å². The first-order valence-electron chi connectivity index (χ1n) is 7.81. The smallest absolute Gasteiger partial charge is 0.343 e. The van der Waals surface area contributed by atoms with Crippen molar-refractivity contribution < 1.29 is 9.53 Å². The first-order chi connectivity index (χ1) is 12.1. The van der Waals surface area contributed by atoms with Crippen LogP contribution in [0.2, 0.25) is 0 Å². The number of carbonyl (C=O) groups is 1. The molecule has 0 aliphatic carbocycles. The van der Waals surface area contributed by atoms with Gasteiger partial charge >= 0.3 is 5.97 Å². The summed E-state index contributed by atoms with van der Waals surface area (Å²) in [6, 6.07) is 22.0. The van der Waals surface area contributed by atoms with E-state index in [1.165, 1.54) is 12.1 Å². The van der Waals surface area contributed by atoms with Gasteiger partial charge in [-0.1, -0.05) is 54.6 Å². The van der Waals surface area contributed by atoms with Gasteiger partial charge in [0.1, 0.15) is 5.75 Å². The number of anilines is 2.